The lowest BCUT2D eigenvalue weighted by atomic mass is 9.81. The van der Waals surface area contributed by atoms with Gasteiger partial charge in [-0.25, -0.2) is 0 Å². The molecule has 0 aromatic heterocycles. The number of fused-ring (bicyclic) bond motifs is 8. The van der Waals surface area contributed by atoms with Crippen LogP contribution in [0.15, 0.2) is 206 Å². The van der Waals surface area contributed by atoms with Crippen LogP contribution in [-0.2, 0) is 0 Å². The fourth-order valence-electron chi connectivity index (χ4n) is 7.50. The zero-order chi connectivity index (χ0) is 33.3. The van der Waals surface area contributed by atoms with Crippen molar-refractivity contribution in [3.8, 4) is 44.5 Å². The van der Waals surface area contributed by atoms with Crippen LogP contribution in [0, 0.1) is 0 Å². The summed E-state index contributed by atoms with van der Waals surface area (Å²) in [6.45, 7) is 0. The molecule has 1 aliphatic carbocycles. The van der Waals surface area contributed by atoms with Gasteiger partial charge in [-0.05, 0) is 92.2 Å². The van der Waals surface area contributed by atoms with Gasteiger partial charge in [-0.2, -0.15) is 0 Å². The Bertz CT molecular complexity index is 2170. The van der Waals surface area contributed by atoms with E-state index < -0.39 is 15.8 Å². The molecule has 0 fully saturated rings. The summed E-state index contributed by atoms with van der Waals surface area (Å²) in [5, 5.41) is 8.17. The largest absolute Gasteiger partial charge is 0.0622 e. The Balaban J connectivity index is 1.46. The van der Waals surface area contributed by atoms with Crippen LogP contribution >= 0.6 is 15.8 Å². The van der Waals surface area contributed by atoms with E-state index in [-0.39, 0.29) is 0 Å². The van der Waals surface area contributed by atoms with E-state index in [1.54, 1.807) is 0 Å². The van der Waals surface area contributed by atoms with E-state index in [9.17, 15) is 0 Å². The van der Waals surface area contributed by atoms with Gasteiger partial charge in [-0.15, -0.1) is 0 Å². The number of rotatable bonds is 6. The standard InChI is InChI=1S/C48H34P2/c1-5-19-35(20-6-1)49(36-21-7-2-8-22-36)45-33-17-31-43-41-29-15-13-27-39(41)40-28-14-16-30-42(40)44-32-18-34-46(48(44)47(43)45)50(37-23-9-3-10-24-37)38-25-11-4-12-26-38/h1-34H. The number of hydrogen-bond acceptors (Lipinski definition) is 0. The van der Waals surface area contributed by atoms with Crippen molar-refractivity contribution < 1.29 is 0 Å². The summed E-state index contributed by atoms with van der Waals surface area (Å²) >= 11 is 0. The van der Waals surface area contributed by atoms with E-state index in [4.69, 9.17) is 0 Å². The van der Waals surface area contributed by atoms with E-state index >= 15 is 0 Å². The van der Waals surface area contributed by atoms with Gasteiger partial charge in [0.2, 0.25) is 0 Å². The SMILES string of the molecule is c1ccc(P(c2ccccc2)c2cccc3c2-c2c(cccc2P(c2ccccc2)c2ccccc2)-c2ccccc2-c2ccccc2-3)cc1. The Morgan fingerprint density at radius 3 is 0.740 bits per heavy atom. The Morgan fingerprint density at radius 1 is 0.200 bits per heavy atom. The summed E-state index contributed by atoms with van der Waals surface area (Å²) in [6, 6.07) is 76.7. The first-order chi connectivity index (χ1) is 24.9. The lowest BCUT2D eigenvalue weighted by Gasteiger charge is -2.31. The normalized spacial score (nSPS) is 11.6. The van der Waals surface area contributed by atoms with Crippen LogP contribution in [0.3, 0.4) is 0 Å². The molecule has 2 heteroatoms. The summed E-state index contributed by atoms with van der Waals surface area (Å²) < 4.78 is 0. The molecule has 0 atom stereocenters. The third-order valence-corrected chi connectivity index (χ3v) is 14.6. The maximum atomic E-state index is 2.41. The second-order valence-electron chi connectivity index (χ2n) is 12.5. The van der Waals surface area contributed by atoms with Crippen LogP contribution in [0.2, 0.25) is 0 Å². The minimum atomic E-state index is -0.895. The van der Waals surface area contributed by atoms with Crippen LogP contribution in [-0.4, -0.2) is 0 Å². The molecule has 0 N–H and O–H groups in total. The highest BCUT2D eigenvalue weighted by Gasteiger charge is 2.31. The molecular weight excluding hydrogens is 638 g/mol. The summed E-state index contributed by atoms with van der Waals surface area (Å²) in [5.74, 6) is 0. The Kier molecular flexibility index (Phi) is 8.28. The number of benzene rings is 8. The molecule has 0 bridgehead atoms. The second kappa shape index (κ2) is 13.5. The molecule has 0 amide bonds. The predicted octanol–water partition coefficient (Wildman–Crippen LogP) is 10.2. The van der Waals surface area contributed by atoms with E-state index in [0.717, 1.165) is 0 Å². The average molecular weight is 673 g/mol. The molecule has 0 aliphatic heterocycles. The van der Waals surface area contributed by atoms with Crippen LogP contribution in [0.4, 0.5) is 0 Å². The quantitative estimate of drug-likeness (QED) is 0.154. The van der Waals surface area contributed by atoms with Crippen molar-refractivity contribution in [3.63, 3.8) is 0 Å². The first kappa shape index (κ1) is 30.7. The lowest BCUT2D eigenvalue weighted by molar-refractivity contribution is 1.54. The Morgan fingerprint density at radius 2 is 0.440 bits per heavy atom. The fraction of sp³-hybridized carbons (Fsp3) is 0. The molecule has 0 radical (unpaired) electrons. The number of hydrogen-bond donors (Lipinski definition) is 0. The van der Waals surface area contributed by atoms with Crippen molar-refractivity contribution in [3.05, 3.63) is 206 Å². The molecule has 0 nitrogen and oxygen atoms in total. The molecule has 9 rings (SSSR count). The highest BCUT2D eigenvalue weighted by Crippen LogP contribution is 2.51. The van der Waals surface area contributed by atoms with Gasteiger partial charge in [0.15, 0.2) is 0 Å². The van der Waals surface area contributed by atoms with Gasteiger partial charge in [0.1, 0.15) is 0 Å². The fourth-order valence-corrected chi connectivity index (χ4v) is 12.5. The molecule has 236 valence electrons. The topological polar surface area (TPSA) is 0 Å². The Labute approximate surface area is 297 Å². The Hall–Kier alpha value is -5.38. The van der Waals surface area contributed by atoms with Crippen molar-refractivity contribution in [1.29, 1.82) is 0 Å². The van der Waals surface area contributed by atoms with E-state index in [0.29, 0.717) is 0 Å². The maximum absolute atomic E-state index is 2.41. The molecule has 50 heavy (non-hydrogen) atoms. The zero-order valence-corrected chi connectivity index (χ0v) is 29.3. The van der Waals surface area contributed by atoms with Gasteiger partial charge < -0.3 is 0 Å². The lowest BCUT2D eigenvalue weighted by Crippen LogP contribution is -2.27. The molecule has 0 saturated heterocycles. The van der Waals surface area contributed by atoms with Crippen LogP contribution < -0.4 is 31.8 Å². The molecule has 0 heterocycles. The highest BCUT2D eigenvalue weighted by molar-refractivity contribution is 7.80. The van der Waals surface area contributed by atoms with E-state index in [1.807, 2.05) is 0 Å². The third-order valence-electron chi connectivity index (χ3n) is 9.60. The smallest absolute Gasteiger partial charge is 0.000861 e. The van der Waals surface area contributed by atoms with E-state index in [2.05, 4.69) is 206 Å². The highest BCUT2D eigenvalue weighted by atomic mass is 31.1. The molecule has 8 aromatic rings. The molecule has 0 spiro atoms. The minimum absolute atomic E-state index is 0.895. The van der Waals surface area contributed by atoms with Crippen LogP contribution in [0.25, 0.3) is 44.5 Å². The zero-order valence-electron chi connectivity index (χ0n) is 27.5. The monoisotopic (exact) mass is 672 g/mol. The van der Waals surface area contributed by atoms with Gasteiger partial charge >= 0.3 is 0 Å². The van der Waals surface area contributed by atoms with Gasteiger partial charge in [0.05, 0.1) is 0 Å². The first-order valence-electron chi connectivity index (χ1n) is 17.1. The summed E-state index contributed by atoms with van der Waals surface area (Å²) in [4.78, 5) is 0. The van der Waals surface area contributed by atoms with Crippen molar-refractivity contribution >= 4 is 47.7 Å². The van der Waals surface area contributed by atoms with Gasteiger partial charge in [0, 0.05) is 0 Å². The first-order valence-corrected chi connectivity index (χ1v) is 19.8. The van der Waals surface area contributed by atoms with Crippen molar-refractivity contribution in [2.75, 3.05) is 0 Å². The third kappa shape index (κ3) is 5.43. The summed E-state index contributed by atoms with van der Waals surface area (Å²) in [6.07, 6.45) is 0. The van der Waals surface area contributed by atoms with Crippen LogP contribution in [0.5, 0.6) is 0 Å². The van der Waals surface area contributed by atoms with Crippen molar-refractivity contribution in [2.45, 2.75) is 0 Å². The minimum Gasteiger partial charge on any atom is -0.0622 e. The van der Waals surface area contributed by atoms with E-state index in [1.165, 1.54) is 76.3 Å². The molecule has 1 aliphatic rings. The summed E-state index contributed by atoms with van der Waals surface area (Å²) in [5.41, 5.74) is 10.4. The molecule has 0 saturated carbocycles. The average Bonchev–Trinajstić information content (AvgIpc) is 3.19. The van der Waals surface area contributed by atoms with Gasteiger partial charge in [-0.1, -0.05) is 206 Å². The molecule has 8 aromatic carbocycles. The summed E-state index contributed by atoms with van der Waals surface area (Å²) in [7, 11) is -1.79. The maximum Gasteiger partial charge on any atom is -0.000861 e. The predicted molar refractivity (Wildman–Crippen MR) is 219 cm³/mol. The van der Waals surface area contributed by atoms with Crippen molar-refractivity contribution in [1.82, 2.24) is 0 Å². The van der Waals surface area contributed by atoms with Gasteiger partial charge in [0.25, 0.3) is 0 Å². The second-order valence-corrected chi connectivity index (χ2v) is 16.9. The molecule has 0 unspecified atom stereocenters. The van der Waals surface area contributed by atoms with Crippen molar-refractivity contribution in [2.24, 2.45) is 0 Å². The van der Waals surface area contributed by atoms with Crippen LogP contribution in [0.1, 0.15) is 0 Å². The molecular formula is C48H34P2. The van der Waals surface area contributed by atoms with Gasteiger partial charge in [-0.3, -0.25) is 0 Å².